The molecule has 0 amide bonds. The quantitative estimate of drug-likeness (QED) is 0.893. The van der Waals surface area contributed by atoms with Gasteiger partial charge in [0.05, 0.1) is 6.10 Å². The smallest absolute Gasteiger partial charge is 0.0619 e. The Balaban J connectivity index is 2.10. The van der Waals surface area contributed by atoms with E-state index < -0.39 is 0 Å². The summed E-state index contributed by atoms with van der Waals surface area (Å²) in [6.45, 7) is 9.00. The number of halogens is 1. The zero-order valence-electron chi connectivity index (χ0n) is 11.0. The Kier molecular flexibility index (Phi) is 3.16. The van der Waals surface area contributed by atoms with Crippen LogP contribution in [-0.2, 0) is 6.42 Å². The summed E-state index contributed by atoms with van der Waals surface area (Å²) in [4.78, 5) is 0. The molecule has 1 aliphatic rings. The van der Waals surface area contributed by atoms with E-state index in [1.165, 1.54) is 5.56 Å². The lowest BCUT2D eigenvalue weighted by Crippen LogP contribution is -2.17. The molecular weight excluding hydrogens is 276 g/mol. The third-order valence-corrected chi connectivity index (χ3v) is 5.68. The van der Waals surface area contributed by atoms with E-state index in [4.69, 9.17) is 0 Å². The maximum Gasteiger partial charge on any atom is 0.0619 e. The lowest BCUT2D eigenvalue weighted by Gasteiger charge is -2.13. The second-order valence-corrected chi connectivity index (χ2v) is 7.14. The van der Waals surface area contributed by atoms with Crippen LogP contribution in [0.25, 0.3) is 0 Å². The van der Waals surface area contributed by atoms with Crippen LogP contribution in [0.15, 0.2) is 28.7 Å². The summed E-state index contributed by atoms with van der Waals surface area (Å²) in [5.41, 5.74) is 1.68. The average Bonchev–Trinajstić information content (AvgIpc) is 2.61. The fourth-order valence-corrected chi connectivity index (χ4v) is 3.66. The standard InChI is InChI=1S/C15H21BrO/c1-14(2)13(15(14,3)4)12(17)9-10-7-5-6-8-11(10)16/h5-8,12-13,17H,9H2,1-4H3. The van der Waals surface area contributed by atoms with Crippen molar-refractivity contribution in [3.8, 4) is 0 Å². The molecule has 1 aromatic carbocycles. The molecule has 1 N–H and O–H groups in total. The summed E-state index contributed by atoms with van der Waals surface area (Å²) in [7, 11) is 0. The minimum atomic E-state index is -0.251. The highest BCUT2D eigenvalue weighted by molar-refractivity contribution is 9.10. The minimum Gasteiger partial charge on any atom is -0.392 e. The first-order valence-corrected chi connectivity index (χ1v) is 6.99. The van der Waals surface area contributed by atoms with Gasteiger partial charge >= 0.3 is 0 Å². The molecule has 94 valence electrons. The van der Waals surface area contributed by atoms with Crippen molar-refractivity contribution in [1.82, 2.24) is 0 Å². The fourth-order valence-electron chi connectivity index (χ4n) is 3.22. The first-order chi connectivity index (χ1) is 7.78. The van der Waals surface area contributed by atoms with E-state index in [-0.39, 0.29) is 16.9 Å². The summed E-state index contributed by atoms with van der Waals surface area (Å²) in [6, 6.07) is 8.14. The van der Waals surface area contributed by atoms with E-state index in [0.29, 0.717) is 5.92 Å². The molecule has 1 fully saturated rings. The number of hydrogen-bond acceptors (Lipinski definition) is 1. The maximum absolute atomic E-state index is 10.4. The number of aliphatic hydroxyl groups excluding tert-OH is 1. The molecule has 1 aromatic rings. The highest BCUT2D eigenvalue weighted by Gasteiger charge is 2.66. The van der Waals surface area contributed by atoms with Crippen molar-refractivity contribution in [3.63, 3.8) is 0 Å². The number of benzene rings is 1. The highest BCUT2D eigenvalue weighted by atomic mass is 79.9. The van der Waals surface area contributed by atoms with Crippen LogP contribution in [0.4, 0.5) is 0 Å². The Morgan fingerprint density at radius 1 is 1.18 bits per heavy atom. The number of hydrogen-bond donors (Lipinski definition) is 1. The van der Waals surface area contributed by atoms with E-state index in [1.54, 1.807) is 0 Å². The molecule has 1 aliphatic carbocycles. The summed E-state index contributed by atoms with van der Waals surface area (Å²) >= 11 is 3.54. The molecule has 0 aliphatic heterocycles. The number of aliphatic hydroxyl groups is 1. The van der Waals surface area contributed by atoms with Crippen LogP contribution in [0.1, 0.15) is 33.3 Å². The van der Waals surface area contributed by atoms with Gasteiger partial charge in [-0.15, -0.1) is 0 Å². The van der Waals surface area contributed by atoms with Gasteiger partial charge in [0.15, 0.2) is 0 Å². The average molecular weight is 297 g/mol. The highest BCUT2D eigenvalue weighted by Crippen LogP contribution is 2.69. The van der Waals surface area contributed by atoms with Crippen molar-refractivity contribution in [2.75, 3.05) is 0 Å². The molecule has 1 nitrogen and oxygen atoms in total. The molecule has 0 saturated heterocycles. The molecule has 1 saturated carbocycles. The van der Waals surface area contributed by atoms with Crippen molar-refractivity contribution >= 4 is 15.9 Å². The second kappa shape index (κ2) is 4.10. The van der Waals surface area contributed by atoms with Crippen LogP contribution >= 0.6 is 15.9 Å². The van der Waals surface area contributed by atoms with E-state index in [0.717, 1.165) is 10.9 Å². The SMILES string of the molecule is CC1(C)C(C(O)Cc2ccccc2Br)C1(C)C. The molecule has 0 spiro atoms. The molecule has 0 bridgehead atoms. The van der Waals surface area contributed by atoms with Crippen molar-refractivity contribution in [1.29, 1.82) is 0 Å². The Bertz CT molecular complexity index is 409. The molecular formula is C15H21BrO. The van der Waals surface area contributed by atoms with E-state index in [1.807, 2.05) is 18.2 Å². The predicted octanol–water partition coefficient (Wildman–Crippen LogP) is 4.03. The Labute approximate surface area is 112 Å². The summed E-state index contributed by atoms with van der Waals surface area (Å²) in [5, 5.41) is 10.4. The summed E-state index contributed by atoms with van der Waals surface area (Å²) in [5.74, 6) is 0.391. The summed E-state index contributed by atoms with van der Waals surface area (Å²) < 4.78 is 1.09. The van der Waals surface area contributed by atoms with Gasteiger partial charge in [0, 0.05) is 4.47 Å². The zero-order valence-corrected chi connectivity index (χ0v) is 12.6. The van der Waals surface area contributed by atoms with E-state index >= 15 is 0 Å². The van der Waals surface area contributed by atoms with E-state index in [9.17, 15) is 5.11 Å². The summed E-state index contributed by atoms with van der Waals surface area (Å²) in [6.07, 6.45) is 0.484. The van der Waals surface area contributed by atoms with Gasteiger partial charge < -0.3 is 5.11 Å². The van der Waals surface area contributed by atoms with Crippen molar-refractivity contribution in [2.45, 2.75) is 40.2 Å². The fraction of sp³-hybridized carbons (Fsp3) is 0.600. The van der Waals surface area contributed by atoms with Gasteiger partial charge in [0.2, 0.25) is 0 Å². The van der Waals surface area contributed by atoms with Crippen LogP contribution in [0.2, 0.25) is 0 Å². The van der Waals surface area contributed by atoms with Gasteiger partial charge in [-0.25, -0.2) is 0 Å². The third kappa shape index (κ3) is 2.06. The zero-order chi connectivity index (χ0) is 12.8. The second-order valence-electron chi connectivity index (χ2n) is 6.28. The molecule has 0 radical (unpaired) electrons. The van der Waals surface area contributed by atoms with Crippen LogP contribution in [-0.4, -0.2) is 11.2 Å². The Morgan fingerprint density at radius 2 is 1.71 bits per heavy atom. The molecule has 1 unspecified atom stereocenters. The van der Waals surface area contributed by atoms with Gasteiger partial charge in [-0.05, 0) is 34.8 Å². The normalized spacial score (nSPS) is 23.4. The lowest BCUT2D eigenvalue weighted by atomic mass is 10.00. The Morgan fingerprint density at radius 3 is 2.18 bits per heavy atom. The topological polar surface area (TPSA) is 20.2 Å². The van der Waals surface area contributed by atoms with Crippen molar-refractivity contribution in [2.24, 2.45) is 16.7 Å². The van der Waals surface area contributed by atoms with Gasteiger partial charge in [-0.3, -0.25) is 0 Å². The lowest BCUT2D eigenvalue weighted by molar-refractivity contribution is 0.129. The molecule has 0 heterocycles. The first kappa shape index (κ1) is 13.1. The van der Waals surface area contributed by atoms with Crippen LogP contribution in [0.5, 0.6) is 0 Å². The van der Waals surface area contributed by atoms with Crippen molar-refractivity contribution in [3.05, 3.63) is 34.3 Å². The largest absolute Gasteiger partial charge is 0.392 e. The maximum atomic E-state index is 10.4. The third-order valence-electron chi connectivity index (χ3n) is 4.90. The molecule has 2 rings (SSSR count). The number of rotatable bonds is 3. The predicted molar refractivity (Wildman–Crippen MR) is 74.9 cm³/mol. The molecule has 2 heteroatoms. The van der Waals surface area contributed by atoms with Gasteiger partial charge in [0.1, 0.15) is 0 Å². The molecule has 0 aromatic heterocycles. The van der Waals surface area contributed by atoms with Crippen LogP contribution < -0.4 is 0 Å². The minimum absolute atomic E-state index is 0.244. The van der Waals surface area contributed by atoms with Crippen LogP contribution in [0, 0.1) is 16.7 Å². The van der Waals surface area contributed by atoms with Gasteiger partial charge in [-0.2, -0.15) is 0 Å². The molecule has 1 atom stereocenters. The van der Waals surface area contributed by atoms with Crippen molar-refractivity contribution < 1.29 is 5.11 Å². The van der Waals surface area contributed by atoms with E-state index in [2.05, 4.69) is 49.7 Å². The van der Waals surface area contributed by atoms with Crippen LogP contribution in [0.3, 0.4) is 0 Å². The Hall–Kier alpha value is -0.340. The van der Waals surface area contributed by atoms with Gasteiger partial charge in [-0.1, -0.05) is 61.8 Å². The molecule has 17 heavy (non-hydrogen) atoms. The van der Waals surface area contributed by atoms with Gasteiger partial charge in [0.25, 0.3) is 0 Å². The monoisotopic (exact) mass is 296 g/mol. The first-order valence-electron chi connectivity index (χ1n) is 6.20.